The van der Waals surface area contributed by atoms with Crippen molar-refractivity contribution >= 4 is 0 Å². The van der Waals surface area contributed by atoms with Crippen LogP contribution in [0.5, 0.6) is 0 Å². The quantitative estimate of drug-likeness (QED) is 0.268. The smallest absolute Gasteiger partial charge is 0.0281 e. The van der Waals surface area contributed by atoms with Crippen molar-refractivity contribution in [2.45, 2.75) is 155 Å². The number of fused-ring (bicyclic) bond motifs is 4. The molecule has 0 bridgehead atoms. The zero-order valence-corrected chi connectivity index (χ0v) is 28.4. The molecule has 0 aliphatic carbocycles. The highest BCUT2D eigenvalue weighted by Gasteiger charge is 2.30. The summed E-state index contributed by atoms with van der Waals surface area (Å²) in [6, 6.07) is 3.56. The third kappa shape index (κ3) is 9.66. The van der Waals surface area contributed by atoms with E-state index in [9.17, 15) is 0 Å². The first-order valence-corrected chi connectivity index (χ1v) is 18.8. The maximum absolute atomic E-state index is 2.71. The molecule has 8 rings (SSSR count). The highest BCUT2D eigenvalue weighted by molar-refractivity contribution is 5.11. The third-order valence-corrected chi connectivity index (χ3v) is 12.0. The van der Waals surface area contributed by atoms with E-state index in [4.69, 9.17) is 0 Å². The lowest BCUT2D eigenvalue weighted by molar-refractivity contribution is 0.0839. The van der Waals surface area contributed by atoms with Gasteiger partial charge in [0.05, 0.1) is 0 Å². The van der Waals surface area contributed by atoms with Crippen molar-refractivity contribution in [1.82, 2.24) is 19.6 Å². The topological polar surface area (TPSA) is 13.0 Å². The van der Waals surface area contributed by atoms with Crippen LogP contribution in [0.15, 0.2) is 23.3 Å². The van der Waals surface area contributed by atoms with Gasteiger partial charge in [-0.15, -0.1) is 0 Å². The predicted octanol–water partition coefficient (Wildman–Crippen LogP) is 8.14. The van der Waals surface area contributed by atoms with Gasteiger partial charge in [-0.2, -0.15) is 0 Å². The Morgan fingerprint density at radius 2 is 0.881 bits per heavy atom. The SMILES string of the molecule is CC1=CC2CCCCN2CC1.CC1=CC2CCCN2CC1.CC1CCN2CCCC2C1.CC1CCN2CCCCC2C1. The molecular formula is C38H68N4. The molecule has 8 aliphatic rings. The van der Waals surface area contributed by atoms with E-state index in [2.05, 4.69) is 59.4 Å². The summed E-state index contributed by atoms with van der Waals surface area (Å²) in [6.07, 6.45) is 27.8. The van der Waals surface area contributed by atoms with Crippen molar-refractivity contribution in [2.24, 2.45) is 11.8 Å². The van der Waals surface area contributed by atoms with Crippen molar-refractivity contribution in [3.8, 4) is 0 Å². The minimum absolute atomic E-state index is 0.803. The molecule has 8 heterocycles. The predicted molar refractivity (Wildman–Crippen MR) is 181 cm³/mol. The molecule has 6 saturated heterocycles. The summed E-state index contributed by atoms with van der Waals surface area (Å²) in [4.78, 5) is 10.6. The van der Waals surface area contributed by atoms with Crippen LogP contribution >= 0.6 is 0 Å². The van der Waals surface area contributed by atoms with Crippen molar-refractivity contribution in [2.75, 3.05) is 52.4 Å². The first-order chi connectivity index (χ1) is 20.4. The standard InChI is InChI=1S/C10H19N.C10H17N.C9H17N.C9H15N/c2*1-9-5-7-11-6-3-2-4-10(11)8-9;2*1-8-4-6-10-5-2-3-9(10)7-8/h9-10H,2-8H2,1H3;8,10H,2-7H2,1H3;8-9H,2-7H2,1H3;7,9H,2-6H2,1H3. The van der Waals surface area contributed by atoms with E-state index in [0.29, 0.717) is 0 Å². The van der Waals surface area contributed by atoms with Gasteiger partial charge in [0.25, 0.3) is 0 Å². The lowest BCUT2D eigenvalue weighted by Crippen LogP contribution is -2.44. The number of nitrogens with zero attached hydrogens (tertiary/aromatic N) is 4. The minimum Gasteiger partial charge on any atom is -0.300 e. The molecule has 42 heavy (non-hydrogen) atoms. The number of hydrogen-bond donors (Lipinski definition) is 0. The summed E-state index contributed by atoms with van der Waals surface area (Å²) < 4.78 is 0. The normalized spacial score (nSPS) is 37.0. The molecule has 0 aromatic carbocycles. The third-order valence-electron chi connectivity index (χ3n) is 12.0. The molecule has 0 saturated carbocycles. The molecule has 6 unspecified atom stereocenters. The first kappa shape index (κ1) is 32.7. The van der Waals surface area contributed by atoms with Gasteiger partial charge in [0.2, 0.25) is 0 Å². The summed E-state index contributed by atoms with van der Waals surface area (Å²) in [7, 11) is 0. The maximum atomic E-state index is 2.71. The van der Waals surface area contributed by atoms with Gasteiger partial charge in [-0.3, -0.25) is 9.80 Å². The van der Waals surface area contributed by atoms with Gasteiger partial charge >= 0.3 is 0 Å². The van der Waals surface area contributed by atoms with Gasteiger partial charge in [0.15, 0.2) is 0 Å². The van der Waals surface area contributed by atoms with Crippen molar-refractivity contribution in [1.29, 1.82) is 0 Å². The highest BCUT2D eigenvalue weighted by atomic mass is 15.2. The average molecular weight is 581 g/mol. The van der Waals surface area contributed by atoms with E-state index in [0.717, 1.165) is 36.0 Å². The van der Waals surface area contributed by atoms with Gasteiger partial charge < -0.3 is 9.80 Å². The molecule has 4 heteroatoms. The maximum Gasteiger partial charge on any atom is 0.0281 e. The Morgan fingerprint density at radius 1 is 0.452 bits per heavy atom. The van der Waals surface area contributed by atoms with Crippen molar-refractivity contribution in [3.63, 3.8) is 0 Å². The van der Waals surface area contributed by atoms with Gasteiger partial charge in [0.1, 0.15) is 0 Å². The summed E-state index contributed by atoms with van der Waals surface area (Å²) in [6.45, 7) is 20.2. The second-order valence-electron chi connectivity index (χ2n) is 15.6. The summed E-state index contributed by atoms with van der Waals surface area (Å²) in [5.41, 5.74) is 3.20. The van der Waals surface area contributed by atoms with Crippen LogP contribution in [0.4, 0.5) is 0 Å². The molecule has 0 spiro atoms. The zero-order chi connectivity index (χ0) is 29.3. The van der Waals surface area contributed by atoms with Gasteiger partial charge in [-0.1, -0.05) is 50.0 Å². The first-order valence-electron chi connectivity index (χ1n) is 18.8. The van der Waals surface area contributed by atoms with Crippen molar-refractivity contribution in [3.05, 3.63) is 23.3 Å². The molecule has 0 radical (unpaired) electrons. The van der Waals surface area contributed by atoms with Gasteiger partial charge in [0, 0.05) is 37.3 Å². The van der Waals surface area contributed by atoms with E-state index in [1.807, 2.05) is 0 Å². The summed E-state index contributed by atoms with van der Waals surface area (Å²) >= 11 is 0. The molecular weight excluding hydrogens is 512 g/mol. The molecule has 240 valence electrons. The molecule has 6 atom stereocenters. The van der Waals surface area contributed by atoms with Crippen LogP contribution in [-0.2, 0) is 0 Å². The summed E-state index contributed by atoms with van der Waals surface area (Å²) in [5.74, 6) is 1.99. The average Bonchev–Trinajstić information content (AvgIpc) is 3.67. The van der Waals surface area contributed by atoms with E-state index < -0.39 is 0 Å². The largest absolute Gasteiger partial charge is 0.300 e. The monoisotopic (exact) mass is 581 g/mol. The van der Waals surface area contributed by atoms with Gasteiger partial charge in [-0.05, 0) is 155 Å². The Balaban J connectivity index is 0.000000112. The van der Waals surface area contributed by atoms with E-state index in [-0.39, 0.29) is 0 Å². The second-order valence-corrected chi connectivity index (χ2v) is 15.6. The van der Waals surface area contributed by atoms with Crippen LogP contribution in [0.25, 0.3) is 0 Å². The molecule has 0 N–H and O–H groups in total. The fraction of sp³-hybridized carbons (Fsp3) is 0.895. The number of rotatable bonds is 0. The number of piperidine rings is 4. The lowest BCUT2D eigenvalue weighted by Gasteiger charge is -2.41. The Labute approximate surface area is 261 Å². The van der Waals surface area contributed by atoms with Crippen LogP contribution in [0, 0.1) is 11.8 Å². The van der Waals surface area contributed by atoms with E-state index >= 15 is 0 Å². The molecule has 4 nitrogen and oxygen atoms in total. The van der Waals surface area contributed by atoms with Crippen LogP contribution < -0.4 is 0 Å². The van der Waals surface area contributed by atoms with Gasteiger partial charge in [-0.25, -0.2) is 0 Å². The van der Waals surface area contributed by atoms with Crippen LogP contribution in [0.2, 0.25) is 0 Å². The second kappa shape index (κ2) is 16.6. The highest BCUT2D eigenvalue weighted by Crippen LogP contribution is 2.30. The zero-order valence-electron chi connectivity index (χ0n) is 28.4. The molecule has 0 aromatic rings. The Bertz CT molecular complexity index is 865. The van der Waals surface area contributed by atoms with E-state index in [1.54, 1.807) is 11.1 Å². The van der Waals surface area contributed by atoms with Crippen LogP contribution in [0.3, 0.4) is 0 Å². The Kier molecular flexibility index (Phi) is 12.9. The molecule has 6 fully saturated rings. The summed E-state index contributed by atoms with van der Waals surface area (Å²) in [5, 5.41) is 0. The van der Waals surface area contributed by atoms with E-state index in [1.165, 1.54) is 155 Å². The Hall–Kier alpha value is -0.680. The van der Waals surface area contributed by atoms with Crippen LogP contribution in [0.1, 0.15) is 130 Å². The minimum atomic E-state index is 0.803. The molecule has 0 amide bonds. The molecule has 0 aromatic heterocycles. The lowest BCUT2D eigenvalue weighted by atomic mass is 9.87. The van der Waals surface area contributed by atoms with Crippen molar-refractivity contribution < 1.29 is 0 Å². The number of hydrogen-bond acceptors (Lipinski definition) is 4. The Morgan fingerprint density at radius 3 is 1.48 bits per heavy atom. The van der Waals surface area contributed by atoms with Crippen LogP contribution in [-0.4, -0.2) is 96.1 Å². The molecule has 8 aliphatic heterocycles. The fourth-order valence-corrected chi connectivity index (χ4v) is 9.28. The fourth-order valence-electron chi connectivity index (χ4n) is 9.28.